The van der Waals surface area contributed by atoms with E-state index in [1.807, 2.05) is 0 Å². The summed E-state index contributed by atoms with van der Waals surface area (Å²) < 4.78 is 21.2. The van der Waals surface area contributed by atoms with E-state index in [1.165, 1.54) is 0 Å². The number of hydrogen-bond acceptors (Lipinski definition) is 1. The molecule has 2 nitrogen and oxygen atoms in total. The maximum atomic E-state index is 10.3. The number of hydrogen-bond donors (Lipinski definition) is 1. The number of carboxylic acid groups (broad SMARTS) is 1. The minimum atomic E-state index is -2.91. The van der Waals surface area contributed by atoms with Crippen molar-refractivity contribution in [3.05, 3.63) is 0 Å². The number of carbonyl (C=O) groups is 1. The van der Waals surface area contributed by atoms with E-state index in [2.05, 4.69) is 0 Å². The molecule has 0 unspecified atom stereocenters. The third kappa shape index (κ3) is 6.03. The molecule has 0 aliphatic heterocycles. The SMILES string of the molecule is [2H]C([2H])([2H])[As+](C)(C)CC(=O)O. The summed E-state index contributed by atoms with van der Waals surface area (Å²) in [6.45, 7) is 0. The first kappa shape index (κ1) is 3.94. The standard InChI is InChI=1S/C5H11AsO2/c1-6(2,3)4-5(7)8/h4H2,1-3H3/p+1/i1D3. The molecule has 8 heavy (non-hydrogen) atoms. The van der Waals surface area contributed by atoms with Gasteiger partial charge in [0.1, 0.15) is 0 Å². The van der Waals surface area contributed by atoms with E-state index < -0.39 is 25.2 Å². The summed E-state index contributed by atoms with van der Waals surface area (Å²) in [6, 6.07) is 0. The Morgan fingerprint density at radius 2 is 2.38 bits per heavy atom. The van der Waals surface area contributed by atoms with Gasteiger partial charge in [-0.15, -0.1) is 0 Å². The third-order valence-corrected chi connectivity index (χ3v) is 2.76. The molecule has 0 saturated heterocycles. The third-order valence-electron chi connectivity index (χ3n) is 0.531. The fourth-order valence-corrected chi connectivity index (χ4v) is 1.76. The summed E-state index contributed by atoms with van der Waals surface area (Å²) in [6.07, 6.45) is 0. The van der Waals surface area contributed by atoms with E-state index in [-0.39, 0.29) is 5.21 Å². The number of rotatable bonds is 2. The van der Waals surface area contributed by atoms with Gasteiger partial charge in [-0.2, -0.15) is 0 Å². The average molecular weight is 182 g/mol. The van der Waals surface area contributed by atoms with Crippen molar-refractivity contribution in [3.8, 4) is 0 Å². The summed E-state index contributed by atoms with van der Waals surface area (Å²) in [4.78, 5) is 10.3. The second kappa shape index (κ2) is 2.54. The molecular weight excluding hydrogens is 167 g/mol. The van der Waals surface area contributed by atoms with E-state index in [0.717, 1.165) is 0 Å². The van der Waals surface area contributed by atoms with Crippen molar-refractivity contribution in [2.45, 2.75) is 22.3 Å². The van der Waals surface area contributed by atoms with Gasteiger partial charge in [0.05, 0.1) is 0 Å². The van der Waals surface area contributed by atoms with Crippen LogP contribution >= 0.6 is 0 Å². The fourth-order valence-electron chi connectivity index (χ4n) is 0.338. The van der Waals surface area contributed by atoms with Gasteiger partial charge in [-0.1, -0.05) is 0 Å². The van der Waals surface area contributed by atoms with Gasteiger partial charge < -0.3 is 0 Å². The Bertz CT molecular complexity index is 164. The summed E-state index contributed by atoms with van der Waals surface area (Å²) in [5.74, 6) is -1.00. The van der Waals surface area contributed by atoms with E-state index in [9.17, 15) is 4.79 Å². The van der Waals surface area contributed by atoms with Gasteiger partial charge in [-0.25, -0.2) is 0 Å². The second-order valence-electron chi connectivity index (χ2n) is 2.24. The molecule has 0 amide bonds. The van der Waals surface area contributed by atoms with Gasteiger partial charge >= 0.3 is 55.8 Å². The first-order valence-corrected chi connectivity index (χ1v) is 8.23. The summed E-state index contributed by atoms with van der Waals surface area (Å²) in [5.41, 5.74) is 1.16. The van der Waals surface area contributed by atoms with Crippen LogP contribution in [0.25, 0.3) is 0 Å². The zero-order valence-electron chi connectivity index (χ0n) is 8.01. The first-order chi connectivity index (χ1) is 4.67. The van der Waals surface area contributed by atoms with Crippen LogP contribution in [-0.2, 0) is 4.79 Å². The summed E-state index contributed by atoms with van der Waals surface area (Å²) in [5, 5.41) is 8.25. The number of aliphatic carboxylic acids is 1. The Balaban J connectivity index is 4.34. The van der Waals surface area contributed by atoms with Crippen LogP contribution in [0, 0.1) is 0 Å². The molecule has 48 valence electrons. The van der Waals surface area contributed by atoms with Crippen LogP contribution in [0.3, 0.4) is 0 Å². The summed E-state index contributed by atoms with van der Waals surface area (Å²) in [7, 11) is 0. The molecule has 0 fully saturated rings. The van der Waals surface area contributed by atoms with Gasteiger partial charge in [0, 0.05) is 0 Å². The maximum absolute atomic E-state index is 10.3. The van der Waals surface area contributed by atoms with Gasteiger partial charge in [0.25, 0.3) is 0 Å². The Morgan fingerprint density at radius 1 is 1.88 bits per heavy atom. The Labute approximate surface area is 56.6 Å². The van der Waals surface area contributed by atoms with E-state index >= 15 is 0 Å². The van der Waals surface area contributed by atoms with Crippen molar-refractivity contribution in [1.29, 1.82) is 0 Å². The van der Waals surface area contributed by atoms with Crippen LogP contribution in [0.2, 0.25) is 22.3 Å². The minimum absolute atomic E-state index is 0.158. The molecule has 0 radical (unpaired) electrons. The number of carboxylic acids is 1. The van der Waals surface area contributed by atoms with Crippen LogP contribution in [0.5, 0.6) is 0 Å². The monoisotopic (exact) mass is 182 g/mol. The molecule has 0 saturated carbocycles. The Morgan fingerprint density at radius 3 is 2.50 bits per heavy atom. The van der Waals surface area contributed by atoms with Gasteiger partial charge in [-0.3, -0.25) is 0 Å². The molecule has 0 aromatic rings. The van der Waals surface area contributed by atoms with Crippen molar-refractivity contribution >= 4 is 19.5 Å². The van der Waals surface area contributed by atoms with Crippen molar-refractivity contribution in [2.24, 2.45) is 0 Å². The molecule has 0 aliphatic carbocycles. The van der Waals surface area contributed by atoms with E-state index in [0.29, 0.717) is 0 Å². The molecule has 1 N–H and O–H groups in total. The van der Waals surface area contributed by atoms with E-state index in [4.69, 9.17) is 9.22 Å². The van der Waals surface area contributed by atoms with Crippen LogP contribution in [0.15, 0.2) is 0 Å². The van der Waals surface area contributed by atoms with Crippen LogP contribution in [0.4, 0.5) is 0 Å². The van der Waals surface area contributed by atoms with Crippen molar-refractivity contribution in [3.63, 3.8) is 0 Å². The molecule has 0 aromatic heterocycles. The summed E-state index contributed by atoms with van der Waals surface area (Å²) >= 11 is -2.91. The average Bonchev–Trinajstić information content (AvgIpc) is 1.56. The van der Waals surface area contributed by atoms with Gasteiger partial charge in [0.2, 0.25) is 0 Å². The molecule has 0 spiro atoms. The normalized spacial score (nSPS) is 18.5. The Hall–Kier alpha value is 0.0284. The molecule has 3 heteroatoms. The quantitative estimate of drug-likeness (QED) is 0.655. The van der Waals surface area contributed by atoms with Crippen LogP contribution in [0.1, 0.15) is 4.11 Å². The Kier molecular flexibility index (Phi) is 1.25. The van der Waals surface area contributed by atoms with Crippen molar-refractivity contribution in [2.75, 3.05) is 0 Å². The zero-order valence-corrected chi connectivity index (χ0v) is 6.89. The zero-order chi connectivity index (χ0) is 9.28. The molecule has 0 heterocycles. The molecule has 0 atom stereocenters. The molecule has 0 bridgehead atoms. The molecular formula is C5H12AsO2+. The van der Waals surface area contributed by atoms with Crippen LogP contribution in [-0.4, -0.2) is 24.6 Å². The molecule has 0 aliphatic rings. The van der Waals surface area contributed by atoms with Gasteiger partial charge in [0.15, 0.2) is 0 Å². The molecule has 0 aromatic carbocycles. The second-order valence-corrected chi connectivity index (χ2v) is 9.97. The van der Waals surface area contributed by atoms with Crippen molar-refractivity contribution in [1.82, 2.24) is 0 Å². The predicted molar refractivity (Wildman–Crippen MR) is 35.8 cm³/mol. The topological polar surface area (TPSA) is 37.3 Å². The van der Waals surface area contributed by atoms with Crippen molar-refractivity contribution < 1.29 is 14.0 Å². The molecule has 0 rings (SSSR count). The van der Waals surface area contributed by atoms with Crippen LogP contribution < -0.4 is 0 Å². The van der Waals surface area contributed by atoms with Gasteiger partial charge in [-0.05, 0) is 0 Å². The first-order valence-electron chi connectivity index (χ1n) is 3.72. The fraction of sp³-hybridized carbons (Fsp3) is 0.800. The van der Waals surface area contributed by atoms with E-state index in [1.54, 1.807) is 11.4 Å². The predicted octanol–water partition coefficient (Wildman–Crippen LogP) is 1.41.